The summed E-state index contributed by atoms with van der Waals surface area (Å²) in [6.45, 7) is 0.942. The first-order valence-electron chi connectivity index (χ1n) is 6.53. The molecular formula is C14H14N3NaO5S2. The Morgan fingerprint density at radius 1 is 0.880 bits per heavy atom. The minimum absolute atomic E-state index is 0. The Morgan fingerprint density at radius 2 is 1.40 bits per heavy atom. The van der Waals surface area contributed by atoms with Crippen molar-refractivity contribution >= 4 is 37.1 Å². The zero-order valence-corrected chi connectivity index (χ0v) is 17.1. The minimum atomic E-state index is -4.52. The smallest absolute Gasteiger partial charge is 0.542 e. The molecule has 0 aromatic heterocycles. The van der Waals surface area contributed by atoms with Gasteiger partial charge in [0.25, 0.3) is 0 Å². The van der Waals surface area contributed by atoms with E-state index in [4.69, 9.17) is 11.5 Å². The molecule has 0 radical (unpaired) electrons. The average Bonchev–Trinajstić information content (AvgIpc) is 2.46. The van der Waals surface area contributed by atoms with Crippen LogP contribution in [-0.2, 0) is 24.7 Å². The number of carbonyl (C=O) groups excluding carboxylic acids is 1. The molecule has 0 saturated heterocycles. The second-order valence-electron chi connectivity index (χ2n) is 4.86. The van der Waals surface area contributed by atoms with Gasteiger partial charge in [-0.25, -0.2) is 16.8 Å². The van der Waals surface area contributed by atoms with Crippen molar-refractivity contribution in [1.29, 1.82) is 0 Å². The maximum absolute atomic E-state index is 12.7. The minimum Gasteiger partial charge on any atom is -0.542 e. The number of anilines is 2. The molecule has 0 aliphatic rings. The van der Waals surface area contributed by atoms with Gasteiger partial charge in [0.05, 0.1) is 20.6 Å². The summed E-state index contributed by atoms with van der Waals surface area (Å²) in [6.07, 6.45) is 0. The van der Waals surface area contributed by atoms with Crippen LogP contribution in [0.4, 0.5) is 11.4 Å². The fourth-order valence-electron chi connectivity index (χ4n) is 1.94. The third-order valence-electron chi connectivity index (χ3n) is 2.97. The van der Waals surface area contributed by atoms with Crippen molar-refractivity contribution in [3.63, 3.8) is 0 Å². The van der Waals surface area contributed by atoms with Crippen molar-refractivity contribution in [2.75, 3.05) is 11.5 Å². The Kier molecular flexibility index (Phi) is 6.65. The van der Waals surface area contributed by atoms with Crippen molar-refractivity contribution in [3.8, 4) is 0 Å². The van der Waals surface area contributed by atoms with E-state index in [0.717, 1.165) is 19.1 Å². The number of nitrogens with zero attached hydrogens (tertiary/aromatic N) is 1. The third-order valence-corrected chi connectivity index (χ3v) is 6.32. The molecule has 0 fully saturated rings. The quantitative estimate of drug-likeness (QED) is 0.465. The molecule has 2 rings (SSSR count). The van der Waals surface area contributed by atoms with Crippen LogP contribution in [0.5, 0.6) is 0 Å². The first kappa shape index (κ1) is 21.5. The molecule has 1 amide bonds. The van der Waals surface area contributed by atoms with Crippen molar-refractivity contribution in [2.45, 2.75) is 21.6 Å². The monoisotopic (exact) mass is 391 g/mol. The molecule has 0 unspecified atom stereocenters. The summed E-state index contributed by atoms with van der Waals surface area (Å²) in [5, 5.41) is 0. The van der Waals surface area contributed by atoms with Crippen molar-refractivity contribution in [2.24, 2.45) is 0 Å². The standard InChI is InChI=1S/C14H15N3O5S2.Na/c1-9(18)17-24(21,22)14-8-11(16)4-7-13(14)23(19,20)12-5-2-10(15)3-6-12;/h2-8H,15-16H2,1H3,(H,17,18);/q;+1/p-1. The molecule has 0 saturated carbocycles. The maximum Gasteiger partial charge on any atom is 1.00 e. The summed E-state index contributed by atoms with van der Waals surface area (Å²) < 4.78 is 52.9. The molecule has 11 heteroatoms. The van der Waals surface area contributed by atoms with E-state index in [9.17, 15) is 21.6 Å². The predicted octanol–water partition coefficient (Wildman–Crippen LogP) is -1.70. The summed E-state index contributed by atoms with van der Waals surface area (Å²) in [5.41, 5.74) is 11.4. The van der Waals surface area contributed by atoms with Gasteiger partial charge in [0.2, 0.25) is 9.84 Å². The number of amides is 1. The van der Waals surface area contributed by atoms with E-state index in [2.05, 4.69) is 4.72 Å². The molecule has 8 nitrogen and oxygen atoms in total. The van der Waals surface area contributed by atoms with Gasteiger partial charge in [-0.05, 0) is 49.4 Å². The molecule has 0 atom stereocenters. The van der Waals surface area contributed by atoms with Gasteiger partial charge in [0.1, 0.15) is 10.0 Å². The average molecular weight is 391 g/mol. The van der Waals surface area contributed by atoms with Crippen LogP contribution < -0.4 is 41.0 Å². The zero-order chi connectivity index (χ0) is 18.1. The normalized spacial score (nSPS) is 11.4. The van der Waals surface area contributed by atoms with E-state index in [1.54, 1.807) is 0 Å². The van der Waals surface area contributed by atoms with Gasteiger partial charge in [0, 0.05) is 11.4 Å². The van der Waals surface area contributed by atoms with E-state index in [-0.39, 0.29) is 40.1 Å². The van der Waals surface area contributed by atoms with Gasteiger partial charge < -0.3 is 21.0 Å². The fraction of sp³-hybridized carbons (Fsp3) is 0.0714. The van der Waals surface area contributed by atoms with Crippen LogP contribution in [0.1, 0.15) is 6.92 Å². The number of sulfonamides is 1. The van der Waals surface area contributed by atoms with Crippen LogP contribution in [0.3, 0.4) is 0 Å². The van der Waals surface area contributed by atoms with Crippen LogP contribution in [0, 0.1) is 0 Å². The Morgan fingerprint density at radius 3 is 1.92 bits per heavy atom. The van der Waals surface area contributed by atoms with Gasteiger partial charge in [-0.1, -0.05) is 0 Å². The third kappa shape index (κ3) is 4.73. The molecule has 0 heterocycles. The van der Waals surface area contributed by atoms with E-state index in [0.29, 0.717) is 5.69 Å². The number of rotatable bonds is 4. The first-order chi connectivity index (χ1) is 11.0. The second kappa shape index (κ2) is 7.75. The number of benzene rings is 2. The van der Waals surface area contributed by atoms with Gasteiger partial charge >= 0.3 is 29.6 Å². The maximum atomic E-state index is 12.7. The number of nitrogens with two attached hydrogens (primary N) is 2. The number of hydrogen-bond donors (Lipinski definition) is 2. The Hall–Kier alpha value is -1.59. The van der Waals surface area contributed by atoms with Crippen LogP contribution in [-0.4, -0.2) is 22.7 Å². The molecular weight excluding hydrogens is 377 g/mol. The van der Waals surface area contributed by atoms with Gasteiger partial charge in [0.15, 0.2) is 0 Å². The molecule has 0 aliphatic heterocycles. The summed E-state index contributed by atoms with van der Waals surface area (Å²) in [4.78, 5) is 9.71. The zero-order valence-electron chi connectivity index (χ0n) is 13.5. The number of carbonyl (C=O) groups is 1. The second-order valence-corrected chi connectivity index (χ2v) is 8.35. The van der Waals surface area contributed by atoms with E-state index in [1.807, 2.05) is 0 Å². The summed E-state index contributed by atoms with van der Waals surface area (Å²) >= 11 is 0. The van der Waals surface area contributed by atoms with Crippen LogP contribution in [0.15, 0.2) is 57.2 Å². The summed E-state index contributed by atoms with van der Waals surface area (Å²) in [6, 6.07) is 8.50. The molecule has 2 aromatic rings. The van der Waals surface area contributed by atoms with Gasteiger partial charge in [-0.15, -0.1) is 0 Å². The number of nitrogen functional groups attached to an aromatic ring is 2. The molecule has 4 N–H and O–H groups in total. The van der Waals surface area contributed by atoms with Crippen molar-refractivity contribution in [3.05, 3.63) is 47.2 Å². The molecule has 0 spiro atoms. The Labute approximate surface area is 167 Å². The SMILES string of the molecule is CC(=O)[N-]S(=O)(=O)c1cc(N)ccc1S(=O)(=O)c1ccc(N)cc1.[Na+]. The molecule has 0 bridgehead atoms. The predicted molar refractivity (Wildman–Crippen MR) is 88.4 cm³/mol. The van der Waals surface area contributed by atoms with Crippen molar-refractivity contribution in [1.82, 2.24) is 0 Å². The number of sulfone groups is 1. The van der Waals surface area contributed by atoms with Crippen molar-refractivity contribution < 1.29 is 51.2 Å². The molecule has 25 heavy (non-hydrogen) atoms. The Balaban J connectivity index is 0.00000312. The van der Waals surface area contributed by atoms with Gasteiger partial charge in [-0.2, -0.15) is 0 Å². The van der Waals surface area contributed by atoms with Crippen LogP contribution >= 0.6 is 0 Å². The summed E-state index contributed by atoms with van der Waals surface area (Å²) in [5.74, 6) is -0.978. The topological polar surface area (TPSA) is 151 Å². The van der Waals surface area contributed by atoms with E-state index >= 15 is 0 Å². The van der Waals surface area contributed by atoms with Crippen LogP contribution in [0.25, 0.3) is 4.72 Å². The molecule has 128 valence electrons. The van der Waals surface area contributed by atoms with Crippen LogP contribution in [0.2, 0.25) is 0 Å². The molecule has 0 aliphatic carbocycles. The fourth-order valence-corrected chi connectivity index (χ4v) is 4.95. The van der Waals surface area contributed by atoms with Gasteiger partial charge in [-0.3, -0.25) is 0 Å². The van der Waals surface area contributed by atoms with E-state index in [1.165, 1.54) is 30.3 Å². The summed E-state index contributed by atoms with van der Waals surface area (Å²) in [7, 11) is -8.70. The Bertz CT molecular complexity index is 1000. The number of hydrogen-bond acceptors (Lipinski definition) is 7. The van der Waals surface area contributed by atoms with E-state index < -0.39 is 35.6 Å². The largest absolute Gasteiger partial charge is 1.00 e. The molecule has 2 aromatic carbocycles. The first-order valence-corrected chi connectivity index (χ1v) is 9.45.